The van der Waals surface area contributed by atoms with Crippen molar-refractivity contribution < 1.29 is 23.0 Å². The maximum Gasteiger partial charge on any atom is 0.417 e. The quantitative estimate of drug-likeness (QED) is 0.548. The molecule has 0 amide bonds. The molecular formula is C20H22F3N5O2. The van der Waals surface area contributed by atoms with Gasteiger partial charge < -0.3 is 15.6 Å². The SMILES string of the molecule is CC1(C)[C@H](CO)C[C@@H]1Nc1nc(CCc2c[n+]([O-])ccc2C(F)(F)F)ncc1C#N. The first-order valence-corrected chi connectivity index (χ1v) is 9.48. The molecule has 0 aliphatic heterocycles. The van der Waals surface area contributed by atoms with Crippen LogP contribution in [0.2, 0.25) is 0 Å². The predicted molar refractivity (Wildman–Crippen MR) is 101 cm³/mol. The summed E-state index contributed by atoms with van der Waals surface area (Å²) in [5.74, 6) is 0.723. The highest BCUT2D eigenvalue weighted by atomic mass is 19.4. The Labute approximate surface area is 171 Å². The molecule has 0 spiro atoms. The second-order valence-electron chi connectivity index (χ2n) is 8.04. The van der Waals surface area contributed by atoms with Crippen LogP contribution < -0.4 is 10.0 Å². The lowest BCUT2D eigenvalue weighted by atomic mass is 9.59. The Hall–Kier alpha value is -2.93. The number of aromatic nitrogens is 3. The Morgan fingerprint density at radius 2 is 2.13 bits per heavy atom. The van der Waals surface area contributed by atoms with E-state index in [0.717, 1.165) is 24.9 Å². The fourth-order valence-electron chi connectivity index (χ4n) is 3.71. The second kappa shape index (κ2) is 8.07. The molecule has 7 nitrogen and oxygen atoms in total. The topological polar surface area (TPSA) is 109 Å². The van der Waals surface area contributed by atoms with Crippen LogP contribution in [0, 0.1) is 27.9 Å². The van der Waals surface area contributed by atoms with Gasteiger partial charge in [-0.25, -0.2) is 9.97 Å². The van der Waals surface area contributed by atoms with E-state index >= 15 is 0 Å². The van der Waals surface area contributed by atoms with Crippen LogP contribution in [0.4, 0.5) is 19.0 Å². The summed E-state index contributed by atoms with van der Waals surface area (Å²) in [6.45, 7) is 4.09. The first kappa shape index (κ1) is 21.8. The van der Waals surface area contributed by atoms with Gasteiger partial charge in [0.25, 0.3) is 0 Å². The van der Waals surface area contributed by atoms with Gasteiger partial charge in [0.15, 0.2) is 12.4 Å². The van der Waals surface area contributed by atoms with E-state index in [1.54, 1.807) is 0 Å². The zero-order valence-electron chi connectivity index (χ0n) is 16.6. The highest BCUT2D eigenvalue weighted by molar-refractivity contribution is 5.52. The number of halogens is 3. The summed E-state index contributed by atoms with van der Waals surface area (Å²) >= 11 is 0. The van der Waals surface area contributed by atoms with Crippen molar-refractivity contribution in [3.8, 4) is 6.07 Å². The van der Waals surface area contributed by atoms with Crippen LogP contribution in [0.5, 0.6) is 0 Å². The van der Waals surface area contributed by atoms with Gasteiger partial charge in [-0.05, 0) is 24.2 Å². The molecule has 2 heterocycles. The Morgan fingerprint density at radius 1 is 1.40 bits per heavy atom. The van der Waals surface area contributed by atoms with Crippen molar-refractivity contribution in [2.24, 2.45) is 11.3 Å². The predicted octanol–water partition coefficient (Wildman–Crippen LogP) is 2.60. The second-order valence-corrected chi connectivity index (χ2v) is 8.04. The highest BCUT2D eigenvalue weighted by Gasteiger charge is 2.47. The minimum atomic E-state index is -4.57. The number of nitriles is 1. The number of aryl methyl sites for hydroxylation is 2. The van der Waals surface area contributed by atoms with Crippen LogP contribution >= 0.6 is 0 Å². The number of alkyl halides is 3. The maximum absolute atomic E-state index is 13.2. The molecule has 10 heteroatoms. The third-order valence-corrected chi connectivity index (χ3v) is 5.90. The zero-order valence-corrected chi connectivity index (χ0v) is 16.6. The first-order chi connectivity index (χ1) is 14.1. The lowest BCUT2D eigenvalue weighted by Gasteiger charge is -2.52. The smallest absolute Gasteiger partial charge is 0.417 e. The molecule has 2 N–H and O–H groups in total. The fraction of sp³-hybridized carbons (Fsp3) is 0.500. The van der Waals surface area contributed by atoms with Gasteiger partial charge in [-0.15, -0.1) is 0 Å². The van der Waals surface area contributed by atoms with E-state index in [4.69, 9.17) is 0 Å². The third kappa shape index (κ3) is 4.31. The molecule has 0 aromatic carbocycles. The number of hydrogen-bond acceptors (Lipinski definition) is 6. The van der Waals surface area contributed by atoms with Gasteiger partial charge in [0.2, 0.25) is 0 Å². The van der Waals surface area contributed by atoms with Crippen LogP contribution in [-0.2, 0) is 19.0 Å². The van der Waals surface area contributed by atoms with Crippen molar-refractivity contribution in [1.29, 1.82) is 5.26 Å². The van der Waals surface area contributed by atoms with Crippen LogP contribution in [0.15, 0.2) is 24.7 Å². The Morgan fingerprint density at radius 3 is 2.73 bits per heavy atom. The summed E-state index contributed by atoms with van der Waals surface area (Å²) < 4.78 is 39.9. The lowest BCUT2D eigenvalue weighted by Crippen LogP contribution is -2.54. The first-order valence-electron chi connectivity index (χ1n) is 9.48. The number of nitrogens with one attached hydrogen (secondary N) is 1. The molecule has 2 aromatic heterocycles. The number of aliphatic hydroxyl groups excluding tert-OH is 1. The molecule has 1 aliphatic rings. The van der Waals surface area contributed by atoms with Crippen LogP contribution in [0.25, 0.3) is 0 Å². The Kier molecular flexibility index (Phi) is 5.85. The largest absolute Gasteiger partial charge is 0.619 e. The molecule has 1 saturated carbocycles. The van der Waals surface area contributed by atoms with Crippen molar-refractivity contribution in [2.45, 2.75) is 45.3 Å². The lowest BCUT2D eigenvalue weighted by molar-refractivity contribution is -0.606. The summed E-state index contributed by atoms with van der Waals surface area (Å²) in [5.41, 5.74) is -0.976. The van der Waals surface area contributed by atoms with E-state index in [-0.39, 0.29) is 53.8 Å². The zero-order chi connectivity index (χ0) is 22.1. The molecule has 0 bridgehead atoms. The van der Waals surface area contributed by atoms with Gasteiger partial charge in [-0.2, -0.15) is 23.2 Å². The van der Waals surface area contributed by atoms with Gasteiger partial charge in [-0.3, -0.25) is 0 Å². The maximum atomic E-state index is 13.2. The summed E-state index contributed by atoms with van der Waals surface area (Å²) in [4.78, 5) is 8.42. The minimum absolute atomic E-state index is 0.00474. The van der Waals surface area contributed by atoms with E-state index in [9.17, 15) is 28.7 Å². The van der Waals surface area contributed by atoms with Crippen LogP contribution in [0.3, 0.4) is 0 Å². The number of aliphatic hydroxyl groups is 1. The number of pyridine rings is 1. The van der Waals surface area contributed by atoms with E-state index in [1.807, 2.05) is 19.9 Å². The fourth-order valence-corrected chi connectivity index (χ4v) is 3.71. The van der Waals surface area contributed by atoms with Crippen LogP contribution in [0.1, 0.15) is 42.8 Å². The van der Waals surface area contributed by atoms with Gasteiger partial charge in [0, 0.05) is 30.7 Å². The third-order valence-electron chi connectivity index (χ3n) is 5.90. The normalized spacial score (nSPS) is 20.3. The molecule has 0 radical (unpaired) electrons. The van der Waals surface area contributed by atoms with Gasteiger partial charge in [-0.1, -0.05) is 13.8 Å². The van der Waals surface area contributed by atoms with Gasteiger partial charge in [0.1, 0.15) is 23.3 Å². The molecule has 0 unspecified atom stereocenters. The Bertz CT molecular complexity index is 972. The summed E-state index contributed by atoms with van der Waals surface area (Å²) in [7, 11) is 0. The van der Waals surface area contributed by atoms with Crippen molar-refractivity contribution in [3.05, 3.63) is 52.4 Å². The number of hydrogen-bond donors (Lipinski definition) is 2. The average molecular weight is 421 g/mol. The van der Waals surface area contributed by atoms with E-state index in [2.05, 4.69) is 15.3 Å². The standard InChI is InChI=1S/C20H22F3N5O2/c1-19(2)14(11-29)7-16(19)26-18-13(8-24)9-25-17(27-18)4-3-12-10-28(30)6-5-15(12)20(21,22)23/h5-6,9-10,14,16,29H,3-4,7,11H2,1-2H3,(H,25,26,27)/t14-,16-/m0/s1. The monoisotopic (exact) mass is 421 g/mol. The molecule has 2 aromatic rings. The average Bonchev–Trinajstić information content (AvgIpc) is 2.68. The number of nitrogens with zero attached hydrogens (tertiary/aromatic N) is 4. The molecule has 160 valence electrons. The summed E-state index contributed by atoms with van der Waals surface area (Å²) in [5, 5.41) is 33.4. The van der Waals surface area contributed by atoms with E-state index < -0.39 is 11.7 Å². The molecular weight excluding hydrogens is 399 g/mol. The molecule has 0 saturated heterocycles. The molecule has 1 aliphatic carbocycles. The van der Waals surface area contributed by atoms with Crippen molar-refractivity contribution >= 4 is 5.82 Å². The van der Waals surface area contributed by atoms with E-state index in [1.165, 1.54) is 6.20 Å². The van der Waals surface area contributed by atoms with Crippen molar-refractivity contribution in [1.82, 2.24) is 9.97 Å². The molecule has 3 rings (SSSR count). The molecule has 2 atom stereocenters. The van der Waals surface area contributed by atoms with Crippen molar-refractivity contribution in [3.63, 3.8) is 0 Å². The van der Waals surface area contributed by atoms with Crippen molar-refractivity contribution in [2.75, 3.05) is 11.9 Å². The number of anilines is 1. The molecule has 1 fully saturated rings. The summed E-state index contributed by atoms with van der Waals surface area (Å²) in [6, 6.07) is 2.76. The van der Waals surface area contributed by atoms with Gasteiger partial charge in [0.05, 0.1) is 11.8 Å². The highest BCUT2D eigenvalue weighted by Crippen LogP contribution is 2.47. The van der Waals surface area contributed by atoms with Gasteiger partial charge >= 0.3 is 6.18 Å². The van der Waals surface area contributed by atoms with E-state index in [0.29, 0.717) is 10.5 Å². The minimum Gasteiger partial charge on any atom is -0.619 e. The summed E-state index contributed by atoms with van der Waals surface area (Å²) in [6.07, 6.45) is -0.809. The Balaban J connectivity index is 1.79. The number of rotatable bonds is 6. The van der Waals surface area contributed by atoms with Crippen LogP contribution in [-0.4, -0.2) is 27.7 Å². The molecule has 30 heavy (non-hydrogen) atoms.